The highest BCUT2D eigenvalue weighted by Gasteiger charge is 2.06. The number of nitrogens with one attached hydrogen (secondary N) is 1. The molecule has 0 amide bonds. The van der Waals surface area contributed by atoms with E-state index in [0.29, 0.717) is 11.4 Å². The maximum atomic E-state index is 11.1. The predicted molar refractivity (Wildman–Crippen MR) is 86.4 cm³/mol. The molecule has 22 heavy (non-hydrogen) atoms. The number of aromatic carboxylic acids is 1. The van der Waals surface area contributed by atoms with E-state index in [4.69, 9.17) is 5.11 Å². The fraction of sp³-hybridized carbons (Fsp3) is 0. The second-order valence-electron chi connectivity index (χ2n) is 4.65. The van der Waals surface area contributed by atoms with Crippen molar-refractivity contribution in [2.45, 2.75) is 0 Å². The number of hydrazone groups is 1. The topological polar surface area (TPSA) is 74.6 Å². The van der Waals surface area contributed by atoms with Crippen molar-refractivity contribution in [2.75, 3.05) is 5.43 Å². The number of carboxylic acid groups (broad SMARTS) is 1. The van der Waals surface area contributed by atoms with Gasteiger partial charge in [0.1, 0.15) is 5.82 Å². The zero-order valence-corrected chi connectivity index (χ0v) is 11.6. The van der Waals surface area contributed by atoms with Crippen LogP contribution in [0.1, 0.15) is 15.9 Å². The van der Waals surface area contributed by atoms with Gasteiger partial charge in [-0.3, -0.25) is 5.43 Å². The van der Waals surface area contributed by atoms with Crippen molar-refractivity contribution in [3.8, 4) is 0 Å². The first kappa shape index (κ1) is 13.8. The number of aromatic nitrogens is 1. The van der Waals surface area contributed by atoms with Gasteiger partial charge in [-0.25, -0.2) is 9.78 Å². The Bertz CT molecular complexity index is 859. The van der Waals surface area contributed by atoms with Crippen LogP contribution in [0.15, 0.2) is 65.8 Å². The quantitative estimate of drug-likeness (QED) is 0.571. The molecule has 0 unspecified atom stereocenters. The van der Waals surface area contributed by atoms with Gasteiger partial charge in [-0.2, -0.15) is 5.10 Å². The minimum atomic E-state index is -0.981. The lowest BCUT2D eigenvalue weighted by Gasteiger charge is -2.02. The fourth-order valence-electron chi connectivity index (χ4n) is 2.10. The maximum Gasteiger partial charge on any atom is 0.336 e. The summed E-state index contributed by atoms with van der Waals surface area (Å²) >= 11 is 0. The van der Waals surface area contributed by atoms with Gasteiger partial charge in [0, 0.05) is 10.9 Å². The molecule has 0 aliphatic carbocycles. The average molecular weight is 291 g/mol. The Hall–Kier alpha value is -3.21. The monoisotopic (exact) mass is 291 g/mol. The Balaban J connectivity index is 1.80. The molecule has 0 atom stereocenters. The second kappa shape index (κ2) is 6.05. The molecular formula is C17H13N3O2. The van der Waals surface area contributed by atoms with Crippen LogP contribution in [-0.4, -0.2) is 22.3 Å². The number of hydrogen-bond acceptors (Lipinski definition) is 4. The van der Waals surface area contributed by atoms with Gasteiger partial charge in [-0.15, -0.1) is 0 Å². The van der Waals surface area contributed by atoms with E-state index in [2.05, 4.69) is 15.5 Å². The molecule has 2 aromatic carbocycles. The number of nitrogens with zero attached hydrogens (tertiary/aromatic N) is 2. The van der Waals surface area contributed by atoms with E-state index in [9.17, 15) is 4.79 Å². The van der Waals surface area contributed by atoms with Crippen molar-refractivity contribution in [1.29, 1.82) is 0 Å². The Kier molecular flexibility index (Phi) is 3.78. The number of anilines is 1. The van der Waals surface area contributed by atoms with E-state index in [0.717, 1.165) is 10.9 Å². The molecule has 0 bridgehead atoms. The van der Waals surface area contributed by atoms with Crippen LogP contribution in [0.3, 0.4) is 0 Å². The molecule has 0 spiro atoms. The smallest absolute Gasteiger partial charge is 0.336 e. The summed E-state index contributed by atoms with van der Waals surface area (Å²) in [4.78, 5) is 15.5. The fourth-order valence-corrected chi connectivity index (χ4v) is 2.10. The molecule has 108 valence electrons. The molecule has 5 nitrogen and oxygen atoms in total. The molecule has 3 rings (SSSR count). The predicted octanol–water partition coefficient (Wildman–Crippen LogP) is 3.38. The van der Waals surface area contributed by atoms with Gasteiger partial charge in [0.2, 0.25) is 0 Å². The summed E-state index contributed by atoms with van der Waals surface area (Å²) in [6.07, 6.45) is 1.47. The summed E-state index contributed by atoms with van der Waals surface area (Å²) in [7, 11) is 0. The number of fused-ring (bicyclic) bond motifs is 1. The van der Waals surface area contributed by atoms with Crippen molar-refractivity contribution in [3.05, 3.63) is 71.8 Å². The van der Waals surface area contributed by atoms with Gasteiger partial charge in [0.15, 0.2) is 0 Å². The summed E-state index contributed by atoms with van der Waals surface area (Å²) in [6.45, 7) is 0. The molecule has 1 heterocycles. The van der Waals surface area contributed by atoms with Crippen LogP contribution in [0.25, 0.3) is 10.9 Å². The molecule has 0 radical (unpaired) electrons. The minimum absolute atomic E-state index is 0.208. The number of pyridine rings is 1. The zero-order valence-electron chi connectivity index (χ0n) is 11.6. The molecule has 5 heteroatoms. The first-order chi connectivity index (χ1) is 10.7. The zero-order chi connectivity index (χ0) is 15.4. The lowest BCUT2D eigenvalue weighted by Crippen LogP contribution is -2.02. The van der Waals surface area contributed by atoms with Crippen molar-refractivity contribution < 1.29 is 9.90 Å². The Labute approximate surface area is 126 Å². The Morgan fingerprint density at radius 3 is 2.68 bits per heavy atom. The second-order valence-corrected chi connectivity index (χ2v) is 4.65. The van der Waals surface area contributed by atoms with Crippen molar-refractivity contribution in [2.24, 2.45) is 5.10 Å². The highest BCUT2D eigenvalue weighted by atomic mass is 16.4. The first-order valence-corrected chi connectivity index (χ1v) is 6.71. The standard InChI is InChI=1S/C17H13N3O2/c21-17(22)14-7-3-1-6-13(14)11-18-20-16-10-9-12-5-2-4-8-15(12)19-16/h1-11H,(H,19,20)(H,21,22)/b18-11-. The van der Waals surface area contributed by atoms with Crippen LogP contribution in [-0.2, 0) is 0 Å². The molecule has 0 aliphatic rings. The van der Waals surface area contributed by atoms with Crippen LogP contribution < -0.4 is 5.43 Å². The lowest BCUT2D eigenvalue weighted by molar-refractivity contribution is 0.0697. The van der Waals surface area contributed by atoms with Gasteiger partial charge < -0.3 is 5.11 Å². The number of benzene rings is 2. The van der Waals surface area contributed by atoms with E-state index in [-0.39, 0.29) is 5.56 Å². The summed E-state index contributed by atoms with van der Waals surface area (Å²) in [6, 6.07) is 18.2. The van der Waals surface area contributed by atoms with Gasteiger partial charge in [-0.1, -0.05) is 36.4 Å². The third-order valence-corrected chi connectivity index (χ3v) is 3.17. The van der Waals surface area contributed by atoms with E-state index in [1.54, 1.807) is 18.2 Å². The molecule has 1 aromatic heterocycles. The van der Waals surface area contributed by atoms with Crippen molar-refractivity contribution in [3.63, 3.8) is 0 Å². The van der Waals surface area contributed by atoms with Gasteiger partial charge in [-0.05, 0) is 24.3 Å². The van der Waals surface area contributed by atoms with Crippen LogP contribution in [0.5, 0.6) is 0 Å². The summed E-state index contributed by atoms with van der Waals surface area (Å²) in [5.74, 6) is -0.381. The lowest BCUT2D eigenvalue weighted by atomic mass is 10.1. The highest BCUT2D eigenvalue weighted by Crippen LogP contribution is 2.14. The molecule has 0 aliphatic heterocycles. The maximum absolute atomic E-state index is 11.1. The van der Waals surface area contributed by atoms with Crippen LogP contribution >= 0.6 is 0 Å². The Morgan fingerprint density at radius 1 is 1.05 bits per heavy atom. The van der Waals surface area contributed by atoms with Crippen LogP contribution in [0.2, 0.25) is 0 Å². The van der Waals surface area contributed by atoms with Crippen LogP contribution in [0.4, 0.5) is 5.82 Å². The summed E-state index contributed by atoms with van der Waals surface area (Å²) < 4.78 is 0. The molecule has 3 aromatic rings. The average Bonchev–Trinajstić information content (AvgIpc) is 2.55. The third kappa shape index (κ3) is 2.93. The molecule has 2 N–H and O–H groups in total. The first-order valence-electron chi connectivity index (χ1n) is 6.71. The number of rotatable bonds is 4. The summed E-state index contributed by atoms with van der Waals surface area (Å²) in [5, 5.41) is 14.2. The van der Waals surface area contributed by atoms with Gasteiger partial charge >= 0.3 is 5.97 Å². The highest BCUT2D eigenvalue weighted by molar-refractivity contribution is 5.98. The van der Waals surface area contributed by atoms with E-state index < -0.39 is 5.97 Å². The van der Waals surface area contributed by atoms with E-state index >= 15 is 0 Å². The van der Waals surface area contributed by atoms with E-state index in [1.807, 2.05) is 36.4 Å². The van der Waals surface area contributed by atoms with Crippen molar-refractivity contribution in [1.82, 2.24) is 4.98 Å². The number of para-hydroxylation sites is 1. The molecule has 0 saturated carbocycles. The van der Waals surface area contributed by atoms with E-state index in [1.165, 1.54) is 12.3 Å². The number of carbonyl (C=O) groups is 1. The number of carboxylic acids is 1. The van der Waals surface area contributed by atoms with Gasteiger partial charge in [0.25, 0.3) is 0 Å². The molecule has 0 fully saturated rings. The van der Waals surface area contributed by atoms with Crippen LogP contribution in [0, 0.1) is 0 Å². The molecule has 0 saturated heterocycles. The van der Waals surface area contributed by atoms with Crippen molar-refractivity contribution >= 4 is 28.9 Å². The minimum Gasteiger partial charge on any atom is -0.478 e. The molecular weight excluding hydrogens is 278 g/mol. The Morgan fingerprint density at radius 2 is 1.82 bits per heavy atom. The number of hydrogen-bond donors (Lipinski definition) is 2. The largest absolute Gasteiger partial charge is 0.478 e. The summed E-state index contributed by atoms with van der Waals surface area (Å²) in [5.41, 5.74) is 4.42. The SMILES string of the molecule is O=C(O)c1ccccc1/C=N\Nc1ccc2ccccc2n1. The normalized spacial score (nSPS) is 10.9. The van der Waals surface area contributed by atoms with Gasteiger partial charge in [0.05, 0.1) is 17.3 Å². The third-order valence-electron chi connectivity index (χ3n) is 3.17.